The lowest BCUT2D eigenvalue weighted by Crippen LogP contribution is -2.14. The second-order valence-electron chi connectivity index (χ2n) is 6.47. The smallest absolute Gasteiger partial charge is 0.291 e. The minimum Gasteiger partial charge on any atom is -0.337 e. The molecular formula is C20H20Cl3N3O3. The highest BCUT2D eigenvalue weighted by molar-refractivity contribution is 6.35. The Balaban J connectivity index is 0.000000687. The van der Waals surface area contributed by atoms with E-state index in [9.17, 15) is 0 Å². The zero-order valence-corrected chi connectivity index (χ0v) is 17.7. The van der Waals surface area contributed by atoms with Crippen LogP contribution >= 0.6 is 34.8 Å². The Hall–Kier alpha value is -2.28. The van der Waals surface area contributed by atoms with Crippen molar-refractivity contribution in [2.24, 2.45) is 5.92 Å². The lowest BCUT2D eigenvalue weighted by molar-refractivity contribution is -0.742. The van der Waals surface area contributed by atoms with E-state index in [1.165, 1.54) is 5.56 Å². The molecule has 0 spiro atoms. The summed E-state index contributed by atoms with van der Waals surface area (Å²) in [6.45, 7) is 0.909. The van der Waals surface area contributed by atoms with E-state index in [2.05, 4.69) is 21.7 Å². The summed E-state index contributed by atoms with van der Waals surface area (Å²) in [6, 6.07) is 13.8. The van der Waals surface area contributed by atoms with Gasteiger partial charge in [-0.25, -0.2) is 4.98 Å². The average Bonchev–Trinajstić information content (AvgIpc) is 3.16. The van der Waals surface area contributed by atoms with Crippen LogP contribution in [0.1, 0.15) is 17.5 Å². The molecule has 6 nitrogen and oxygen atoms in total. The van der Waals surface area contributed by atoms with E-state index in [0.717, 1.165) is 41.4 Å². The van der Waals surface area contributed by atoms with Gasteiger partial charge in [0.15, 0.2) is 0 Å². The van der Waals surface area contributed by atoms with Crippen LogP contribution in [0.5, 0.6) is 0 Å². The lowest BCUT2D eigenvalue weighted by Gasteiger charge is -2.19. The lowest BCUT2D eigenvalue weighted by atomic mass is 9.92. The van der Waals surface area contributed by atoms with Crippen LogP contribution in [-0.2, 0) is 19.4 Å². The van der Waals surface area contributed by atoms with Crippen LogP contribution in [-0.4, -0.2) is 19.8 Å². The zero-order chi connectivity index (χ0) is 21.2. The van der Waals surface area contributed by atoms with Crippen molar-refractivity contribution in [1.29, 1.82) is 0 Å². The van der Waals surface area contributed by atoms with Gasteiger partial charge in [0, 0.05) is 34.0 Å². The minimum atomic E-state index is -1.50. The number of aromatic nitrogens is 2. The molecule has 9 heteroatoms. The van der Waals surface area contributed by atoms with Gasteiger partial charge in [0.05, 0.1) is 6.33 Å². The first kappa shape index (κ1) is 23.0. The van der Waals surface area contributed by atoms with Crippen LogP contribution in [0, 0.1) is 16.0 Å². The van der Waals surface area contributed by atoms with Gasteiger partial charge < -0.3 is 9.77 Å². The Kier molecular flexibility index (Phi) is 9.25. The number of benzene rings is 2. The number of rotatable bonds is 7. The number of aryl methyl sites for hydroxylation is 1. The topological polar surface area (TPSA) is 81.2 Å². The molecule has 0 aliphatic carbocycles. The van der Waals surface area contributed by atoms with E-state index in [-0.39, 0.29) is 0 Å². The molecule has 0 bridgehead atoms. The Morgan fingerprint density at radius 2 is 1.76 bits per heavy atom. The van der Waals surface area contributed by atoms with Gasteiger partial charge in [-0.15, -0.1) is 10.1 Å². The molecule has 1 unspecified atom stereocenters. The number of hydrogen-bond acceptors (Lipinski definition) is 3. The standard InChI is InChI=1S/C20H19Cl3N2.HNO3/c21-18-6-3-15(4-7-18)1-2-16(13-25-10-9-24-14-25)11-17-5-8-19(22)12-20(17)23;2-1(3)4/h3-10,12,14,16H,1-2,11,13H2;(H,2,3,4). The molecule has 1 atom stereocenters. The monoisotopic (exact) mass is 455 g/mol. The van der Waals surface area contributed by atoms with Crippen molar-refractivity contribution in [3.05, 3.63) is 97.5 Å². The summed E-state index contributed by atoms with van der Waals surface area (Å²) in [6.07, 6.45) is 8.63. The highest BCUT2D eigenvalue weighted by Gasteiger charge is 2.13. The van der Waals surface area contributed by atoms with Crippen molar-refractivity contribution in [2.45, 2.75) is 25.8 Å². The molecule has 0 fully saturated rings. The van der Waals surface area contributed by atoms with Gasteiger partial charge in [0.2, 0.25) is 0 Å². The third-order valence-corrected chi connectivity index (χ3v) is 5.15. The predicted octanol–water partition coefficient (Wildman–Crippen LogP) is 5.99. The summed E-state index contributed by atoms with van der Waals surface area (Å²) in [5.41, 5.74) is 2.43. The molecule has 0 amide bonds. The summed E-state index contributed by atoms with van der Waals surface area (Å²) in [7, 11) is 0. The first-order valence-electron chi connectivity index (χ1n) is 8.81. The van der Waals surface area contributed by atoms with Crippen LogP contribution < -0.4 is 0 Å². The Labute approximate surface area is 183 Å². The first-order valence-corrected chi connectivity index (χ1v) is 9.94. The van der Waals surface area contributed by atoms with Gasteiger partial charge in [0.25, 0.3) is 5.09 Å². The zero-order valence-electron chi connectivity index (χ0n) is 15.4. The molecule has 3 aromatic rings. The van der Waals surface area contributed by atoms with E-state index in [0.29, 0.717) is 10.9 Å². The maximum atomic E-state index is 8.36. The molecule has 1 N–H and O–H groups in total. The highest BCUT2D eigenvalue weighted by Crippen LogP contribution is 2.26. The molecule has 0 saturated carbocycles. The van der Waals surface area contributed by atoms with Crippen LogP contribution in [0.15, 0.2) is 61.2 Å². The largest absolute Gasteiger partial charge is 0.337 e. The highest BCUT2D eigenvalue weighted by atomic mass is 35.5. The summed E-state index contributed by atoms with van der Waals surface area (Å²) >= 11 is 18.4. The van der Waals surface area contributed by atoms with Gasteiger partial charge in [-0.05, 0) is 60.6 Å². The maximum Gasteiger partial charge on any atom is 0.291 e. The molecular weight excluding hydrogens is 437 g/mol. The number of hydrogen-bond donors (Lipinski definition) is 1. The van der Waals surface area contributed by atoms with Gasteiger partial charge in [-0.3, -0.25) is 0 Å². The van der Waals surface area contributed by atoms with Crippen LogP contribution in [0.4, 0.5) is 0 Å². The van der Waals surface area contributed by atoms with Crippen molar-refractivity contribution in [2.75, 3.05) is 0 Å². The summed E-state index contributed by atoms with van der Waals surface area (Å²) < 4.78 is 2.12. The van der Waals surface area contributed by atoms with Crippen molar-refractivity contribution >= 4 is 34.8 Å². The third kappa shape index (κ3) is 8.73. The number of halogens is 3. The summed E-state index contributed by atoms with van der Waals surface area (Å²) in [5, 5.41) is 15.8. The van der Waals surface area contributed by atoms with Gasteiger partial charge in [-0.1, -0.05) is 53.0 Å². The molecule has 2 aromatic carbocycles. The molecule has 0 radical (unpaired) electrons. The van der Waals surface area contributed by atoms with Crippen LogP contribution in [0.25, 0.3) is 0 Å². The molecule has 29 heavy (non-hydrogen) atoms. The van der Waals surface area contributed by atoms with E-state index < -0.39 is 5.09 Å². The van der Waals surface area contributed by atoms with Gasteiger partial charge in [0.1, 0.15) is 0 Å². The molecule has 1 aromatic heterocycles. The van der Waals surface area contributed by atoms with Crippen molar-refractivity contribution in [3.63, 3.8) is 0 Å². The summed E-state index contributed by atoms with van der Waals surface area (Å²) in [4.78, 5) is 12.5. The number of imidazole rings is 1. The summed E-state index contributed by atoms with van der Waals surface area (Å²) in [5.74, 6) is 0.448. The fourth-order valence-electron chi connectivity index (χ4n) is 2.97. The molecule has 1 heterocycles. The van der Waals surface area contributed by atoms with E-state index in [4.69, 9.17) is 50.1 Å². The number of nitrogens with zero attached hydrogens (tertiary/aromatic N) is 3. The van der Waals surface area contributed by atoms with E-state index >= 15 is 0 Å². The fraction of sp³-hybridized carbons (Fsp3) is 0.250. The first-order chi connectivity index (χ1) is 13.8. The molecule has 0 aliphatic heterocycles. The molecule has 3 rings (SSSR count). The quantitative estimate of drug-likeness (QED) is 0.350. The second-order valence-corrected chi connectivity index (χ2v) is 7.75. The SMILES string of the molecule is Clc1ccc(CCC(Cc2ccc(Cl)cc2Cl)Cn2ccnc2)cc1.O=[N+]([O-])O. The average molecular weight is 457 g/mol. The van der Waals surface area contributed by atoms with Crippen molar-refractivity contribution in [3.8, 4) is 0 Å². The molecule has 154 valence electrons. The fourth-order valence-corrected chi connectivity index (χ4v) is 3.58. The van der Waals surface area contributed by atoms with E-state index in [1.54, 1.807) is 0 Å². The maximum absolute atomic E-state index is 8.36. The molecule has 0 aliphatic rings. The van der Waals surface area contributed by atoms with Crippen LogP contribution in [0.3, 0.4) is 0 Å². The van der Waals surface area contributed by atoms with E-state index in [1.807, 2.05) is 49.1 Å². The Morgan fingerprint density at radius 3 is 2.34 bits per heavy atom. The Morgan fingerprint density at radius 1 is 1.10 bits per heavy atom. The van der Waals surface area contributed by atoms with Gasteiger partial charge >= 0.3 is 0 Å². The second kappa shape index (κ2) is 11.7. The molecule has 0 saturated heterocycles. The third-order valence-electron chi connectivity index (χ3n) is 4.31. The van der Waals surface area contributed by atoms with Crippen LogP contribution in [0.2, 0.25) is 15.1 Å². The van der Waals surface area contributed by atoms with Crippen molar-refractivity contribution in [1.82, 2.24) is 9.55 Å². The minimum absolute atomic E-state index is 0.448. The van der Waals surface area contributed by atoms with Gasteiger partial charge in [-0.2, -0.15) is 0 Å². The van der Waals surface area contributed by atoms with Crippen molar-refractivity contribution < 1.29 is 10.3 Å². The predicted molar refractivity (Wildman–Crippen MR) is 114 cm³/mol. The Bertz CT molecular complexity index is 899. The normalized spacial score (nSPS) is 11.4.